The molecule has 2 N–H and O–H groups in total. The number of methoxy groups -OCH3 is 1. The van der Waals surface area contributed by atoms with E-state index in [4.69, 9.17) is 19.3 Å². The average Bonchev–Trinajstić information content (AvgIpc) is 3.85. The van der Waals surface area contributed by atoms with Crippen LogP contribution in [0.4, 0.5) is 31.8 Å². The van der Waals surface area contributed by atoms with Gasteiger partial charge in [0.25, 0.3) is 0 Å². The molecule has 0 atom stereocenters. The van der Waals surface area contributed by atoms with Gasteiger partial charge < -0.3 is 30.5 Å². The zero-order valence-electron chi connectivity index (χ0n) is 43.4. The van der Waals surface area contributed by atoms with E-state index in [1.54, 1.807) is 39.5 Å². The maximum atomic E-state index is 12.3. The van der Waals surface area contributed by atoms with E-state index >= 15 is 0 Å². The minimum atomic E-state index is -0.557. The third-order valence-corrected chi connectivity index (χ3v) is 10.4. The molecule has 7 rings (SSSR count). The molecule has 0 saturated heterocycles. The van der Waals surface area contributed by atoms with Crippen molar-refractivity contribution in [3.63, 3.8) is 0 Å². The van der Waals surface area contributed by atoms with Crippen molar-refractivity contribution < 1.29 is 63.5 Å². The number of rotatable bonds is 6. The zero-order valence-corrected chi connectivity index (χ0v) is 44.6. The van der Waals surface area contributed by atoms with Crippen LogP contribution in [0.3, 0.4) is 0 Å². The predicted octanol–water partition coefficient (Wildman–Crippen LogP) is 5.68. The molecule has 3 radical (unpaired) electrons. The SMILES string of the molecule is CC(C)(C)OC(=O)N1CCCc2ccc(CCI)nc21.CC(C)(C)OC(=O)N1CCCc2ccc(CCO)nc21.COC(=O)Cc1ccc2c(n1)N(C(=O)OC(C)(C)C)CCC2.[B].[H-].[Li+].c1c[nH]cn1. The molecular weight excluding hydrogens is 989 g/mol. The molecule has 69 heavy (non-hydrogen) atoms. The zero-order chi connectivity index (χ0) is 49.4. The summed E-state index contributed by atoms with van der Waals surface area (Å²) in [7, 11) is 1.34. The van der Waals surface area contributed by atoms with Gasteiger partial charge in [-0.1, -0.05) is 40.8 Å². The number of aromatic nitrogens is 5. The Balaban J connectivity index is 0.000000489. The van der Waals surface area contributed by atoms with Gasteiger partial charge in [-0.25, -0.2) is 34.3 Å². The van der Waals surface area contributed by atoms with Crippen molar-refractivity contribution in [2.75, 3.05) is 52.5 Å². The third kappa shape index (κ3) is 20.3. The number of aryl methyl sites for hydroxylation is 4. The fourth-order valence-electron chi connectivity index (χ4n) is 6.94. The van der Waals surface area contributed by atoms with Crippen LogP contribution in [0.1, 0.15) is 117 Å². The van der Waals surface area contributed by atoms with Gasteiger partial charge >= 0.3 is 43.1 Å². The molecule has 0 saturated carbocycles. The molecule has 0 aliphatic carbocycles. The number of amides is 3. The first-order chi connectivity index (χ1) is 31.6. The molecule has 0 bridgehead atoms. The van der Waals surface area contributed by atoms with Crippen LogP contribution in [0, 0.1) is 0 Å². The van der Waals surface area contributed by atoms with Gasteiger partial charge in [-0.2, -0.15) is 0 Å². The van der Waals surface area contributed by atoms with Gasteiger partial charge in [-0.3, -0.25) is 19.5 Å². The van der Waals surface area contributed by atoms with Crippen molar-refractivity contribution in [1.29, 1.82) is 0 Å². The quantitative estimate of drug-likeness (QED) is 0.0786. The number of imidazole rings is 1. The molecule has 20 heteroatoms. The van der Waals surface area contributed by atoms with Crippen LogP contribution in [0.5, 0.6) is 0 Å². The summed E-state index contributed by atoms with van der Waals surface area (Å²) in [5.41, 5.74) is 4.05. The van der Waals surface area contributed by atoms with E-state index in [1.807, 2.05) is 80.5 Å². The van der Waals surface area contributed by atoms with Gasteiger partial charge in [0.15, 0.2) is 0 Å². The van der Waals surface area contributed by atoms with Crippen molar-refractivity contribution in [1.82, 2.24) is 24.9 Å². The molecule has 0 unspecified atom stereocenters. The Morgan fingerprint density at radius 3 is 1.33 bits per heavy atom. The number of ether oxygens (including phenoxy) is 4. The number of H-pyrrole nitrogens is 1. The number of nitrogens with one attached hydrogen (secondary N) is 1. The van der Waals surface area contributed by atoms with Gasteiger partial charge in [0.05, 0.1) is 25.6 Å². The normalized spacial score (nSPS) is 13.8. The van der Waals surface area contributed by atoms with Crippen LogP contribution in [0.2, 0.25) is 0 Å². The van der Waals surface area contributed by atoms with Crippen molar-refractivity contribution >= 4 is 72.7 Å². The summed E-state index contributed by atoms with van der Waals surface area (Å²) in [5.74, 6) is 1.69. The molecule has 371 valence electrons. The first kappa shape index (κ1) is 60.4. The summed E-state index contributed by atoms with van der Waals surface area (Å²) < 4.78 is 22.0. The smallest absolute Gasteiger partial charge is 1.00 e. The molecule has 7 heterocycles. The third-order valence-electron chi connectivity index (χ3n) is 9.81. The number of aliphatic hydroxyl groups excluding tert-OH is 1. The Hall–Kier alpha value is -4.71. The number of alkyl halides is 1. The van der Waals surface area contributed by atoms with Crippen LogP contribution in [0.25, 0.3) is 0 Å². The summed E-state index contributed by atoms with van der Waals surface area (Å²) in [6, 6.07) is 11.8. The molecule has 17 nitrogen and oxygen atoms in total. The van der Waals surface area contributed by atoms with Crippen LogP contribution < -0.4 is 33.6 Å². The monoisotopic (exact) mass is 1060 g/mol. The molecule has 0 aromatic carbocycles. The molecule has 4 aromatic rings. The molecule has 0 fully saturated rings. The number of esters is 1. The second-order valence-corrected chi connectivity index (χ2v) is 20.1. The second kappa shape index (κ2) is 28.2. The van der Waals surface area contributed by atoms with Crippen molar-refractivity contribution in [2.45, 2.75) is 137 Å². The van der Waals surface area contributed by atoms with E-state index in [0.29, 0.717) is 43.4 Å². The van der Waals surface area contributed by atoms with E-state index in [0.717, 1.165) is 83.3 Å². The number of halogens is 1. The standard InChI is InChI=1S/C16H22N2O4.C15H21IN2O2.C15H22N2O3.C3H4N2.B.Li.H/c1-16(2,3)22-15(20)18-9-5-6-11-7-8-12(17-14(11)18)10-13(19)21-4;1-15(2,3)20-14(19)18-10-4-5-11-6-7-12(8-9-16)17-13(11)18;1-15(2,3)20-14(19)17-9-4-5-11-6-7-12(8-10-18)16-13(11)17;1-2-5-3-4-1;;;/h7-8H,5-6,9-10H2,1-4H3;6-7H,4-5,8-10H2,1-3H3;6-7,18H,4-5,8-10H2,1-3H3;1-3H,(H,4,5);;;/q;;;;;+1;-1. The van der Waals surface area contributed by atoms with Crippen molar-refractivity contribution in [3.05, 3.63) is 88.9 Å². The van der Waals surface area contributed by atoms with Gasteiger partial charge in [-0.15, -0.1) is 0 Å². The molecule has 4 aromatic heterocycles. The summed E-state index contributed by atoms with van der Waals surface area (Å²) in [6.45, 7) is 18.6. The van der Waals surface area contributed by atoms with Crippen LogP contribution >= 0.6 is 22.6 Å². The fraction of sp³-hybridized carbons (Fsp3) is 0.551. The maximum absolute atomic E-state index is 12.3. The minimum absolute atomic E-state index is 0. The Morgan fingerprint density at radius 2 is 1.03 bits per heavy atom. The molecular formula is C49H70BILiN8O9. The fourth-order valence-corrected chi connectivity index (χ4v) is 7.50. The van der Waals surface area contributed by atoms with E-state index < -0.39 is 22.9 Å². The number of fused-ring (bicyclic) bond motifs is 3. The van der Waals surface area contributed by atoms with Crippen LogP contribution in [-0.4, -0.2) is 117 Å². The van der Waals surface area contributed by atoms with Crippen molar-refractivity contribution in [3.8, 4) is 0 Å². The molecule has 0 spiro atoms. The number of aliphatic hydroxyl groups is 1. The van der Waals surface area contributed by atoms with E-state index in [1.165, 1.54) is 7.11 Å². The minimum Gasteiger partial charge on any atom is -1.00 e. The molecule has 3 aliphatic rings. The summed E-state index contributed by atoms with van der Waals surface area (Å²) in [6.07, 6.45) is 11.0. The first-order valence-corrected chi connectivity index (χ1v) is 24.3. The average molecular weight is 1060 g/mol. The topological polar surface area (TPSA) is 202 Å². The number of nitrogens with zero attached hydrogens (tertiary/aromatic N) is 7. The van der Waals surface area contributed by atoms with Crippen LogP contribution in [-0.2, 0) is 62.3 Å². The Labute approximate surface area is 437 Å². The molecule has 3 aliphatic heterocycles. The number of hydrogen-bond donors (Lipinski definition) is 2. The van der Waals surface area contributed by atoms with E-state index in [2.05, 4.69) is 64.4 Å². The van der Waals surface area contributed by atoms with Crippen molar-refractivity contribution in [2.24, 2.45) is 0 Å². The first-order valence-electron chi connectivity index (χ1n) is 22.8. The Kier molecular flexibility index (Phi) is 24.7. The van der Waals surface area contributed by atoms with Gasteiger partial charge in [0.2, 0.25) is 0 Å². The van der Waals surface area contributed by atoms with E-state index in [9.17, 15) is 19.2 Å². The number of hydrogen-bond acceptors (Lipinski definition) is 13. The predicted molar refractivity (Wildman–Crippen MR) is 273 cm³/mol. The van der Waals surface area contributed by atoms with E-state index in [-0.39, 0.29) is 59.9 Å². The Morgan fingerprint density at radius 1 is 0.652 bits per heavy atom. The number of carbonyl (C=O) groups is 4. The number of aromatic amines is 1. The van der Waals surface area contributed by atoms with Gasteiger partial charge in [0, 0.05) is 69.3 Å². The number of carbonyl (C=O) groups excluding carboxylic acids is 4. The summed E-state index contributed by atoms with van der Waals surface area (Å²) in [4.78, 5) is 73.2. The number of pyridine rings is 3. The van der Waals surface area contributed by atoms with Crippen LogP contribution in [0.15, 0.2) is 55.1 Å². The largest absolute Gasteiger partial charge is 1.00 e. The molecule has 3 amide bonds. The van der Waals surface area contributed by atoms with Gasteiger partial charge in [0.1, 0.15) is 34.3 Å². The summed E-state index contributed by atoms with van der Waals surface area (Å²) in [5, 5.41) is 9.01. The number of anilines is 3. The Bertz CT molecular complexity index is 2150. The maximum Gasteiger partial charge on any atom is 1.00 e. The van der Waals surface area contributed by atoms with Gasteiger partial charge in [-0.05, 0) is 142 Å². The summed E-state index contributed by atoms with van der Waals surface area (Å²) >= 11 is 2.34. The second-order valence-electron chi connectivity index (χ2n) is 19.0.